The molecule has 2 aromatic heterocycles. The van der Waals surface area contributed by atoms with E-state index in [4.69, 9.17) is 9.84 Å². The molecule has 0 fully saturated rings. The minimum absolute atomic E-state index is 0.679. The summed E-state index contributed by atoms with van der Waals surface area (Å²) in [5.74, 6) is -0.219. The molecule has 0 aliphatic heterocycles. The Kier molecular flexibility index (Phi) is 4.94. The first-order valence-electron chi connectivity index (χ1n) is 6.71. The molecule has 0 unspecified atom stereocenters. The third-order valence-electron chi connectivity index (χ3n) is 3.13. The van der Waals surface area contributed by atoms with E-state index in [1.807, 2.05) is 40.7 Å². The molecule has 0 atom stereocenters. The van der Waals surface area contributed by atoms with Crippen molar-refractivity contribution in [2.45, 2.75) is 6.42 Å². The molecule has 0 spiro atoms. The van der Waals surface area contributed by atoms with Crippen LogP contribution < -0.4 is 4.90 Å². The highest BCUT2D eigenvalue weighted by Gasteiger charge is 2.13. The van der Waals surface area contributed by atoms with Gasteiger partial charge in [0.2, 0.25) is 0 Å². The van der Waals surface area contributed by atoms with Gasteiger partial charge in [0, 0.05) is 39.6 Å². The van der Waals surface area contributed by atoms with Crippen molar-refractivity contribution >= 4 is 23.5 Å². The lowest BCUT2D eigenvalue weighted by molar-refractivity contribution is -0.131. The van der Waals surface area contributed by atoms with Crippen LogP contribution in [0.3, 0.4) is 0 Å². The van der Waals surface area contributed by atoms with E-state index in [1.165, 1.54) is 0 Å². The molecule has 112 valence electrons. The molecule has 6 nitrogen and oxygen atoms in total. The first-order chi connectivity index (χ1) is 10.1. The van der Waals surface area contributed by atoms with Gasteiger partial charge in [0.1, 0.15) is 5.65 Å². The van der Waals surface area contributed by atoms with Crippen molar-refractivity contribution in [1.82, 2.24) is 9.38 Å². The summed E-state index contributed by atoms with van der Waals surface area (Å²) in [4.78, 5) is 17.4. The molecule has 0 radical (unpaired) electrons. The molecule has 2 aromatic rings. The standard InChI is InChI=1S/C15H19N3O3/c1-17(9-5-11-21-2)15-12(7-8-14(19)20)18-10-4-3-6-13(18)16-15/h3-4,6-8,10H,5,9,11H2,1-2H3,(H,19,20). The Morgan fingerprint density at radius 2 is 2.33 bits per heavy atom. The predicted molar refractivity (Wildman–Crippen MR) is 81.6 cm³/mol. The van der Waals surface area contributed by atoms with Gasteiger partial charge in [-0.2, -0.15) is 0 Å². The molecule has 2 heterocycles. The summed E-state index contributed by atoms with van der Waals surface area (Å²) >= 11 is 0. The second kappa shape index (κ2) is 6.90. The van der Waals surface area contributed by atoms with Crippen molar-refractivity contribution in [3.8, 4) is 0 Å². The lowest BCUT2D eigenvalue weighted by atomic mass is 10.3. The van der Waals surface area contributed by atoms with E-state index >= 15 is 0 Å². The molecule has 0 aromatic carbocycles. The van der Waals surface area contributed by atoms with Crippen LogP contribution >= 0.6 is 0 Å². The minimum Gasteiger partial charge on any atom is -0.478 e. The number of carboxylic acids is 1. The molecule has 2 rings (SSSR count). The van der Waals surface area contributed by atoms with Crippen molar-refractivity contribution in [2.75, 3.05) is 32.2 Å². The Morgan fingerprint density at radius 3 is 3.05 bits per heavy atom. The third-order valence-corrected chi connectivity index (χ3v) is 3.13. The molecular weight excluding hydrogens is 270 g/mol. The fraction of sp³-hybridized carbons (Fsp3) is 0.333. The smallest absolute Gasteiger partial charge is 0.328 e. The summed E-state index contributed by atoms with van der Waals surface area (Å²) in [6, 6.07) is 5.69. The summed E-state index contributed by atoms with van der Waals surface area (Å²) in [5.41, 5.74) is 1.55. The molecule has 6 heteroatoms. The van der Waals surface area contributed by atoms with Crippen molar-refractivity contribution in [3.63, 3.8) is 0 Å². The van der Waals surface area contributed by atoms with Gasteiger partial charge in [-0.3, -0.25) is 4.40 Å². The predicted octanol–water partition coefficient (Wildman–Crippen LogP) is 1.90. The summed E-state index contributed by atoms with van der Waals surface area (Å²) in [6.07, 6.45) is 5.45. The van der Waals surface area contributed by atoms with Crippen molar-refractivity contribution in [2.24, 2.45) is 0 Å². The van der Waals surface area contributed by atoms with Gasteiger partial charge in [-0.15, -0.1) is 0 Å². The van der Waals surface area contributed by atoms with E-state index in [2.05, 4.69) is 4.98 Å². The molecule has 21 heavy (non-hydrogen) atoms. The maximum absolute atomic E-state index is 10.8. The maximum atomic E-state index is 10.8. The van der Waals surface area contributed by atoms with Crippen molar-refractivity contribution in [1.29, 1.82) is 0 Å². The zero-order valence-corrected chi connectivity index (χ0v) is 12.2. The first-order valence-corrected chi connectivity index (χ1v) is 6.71. The van der Waals surface area contributed by atoms with Crippen LogP contribution in [0.1, 0.15) is 12.1 Å². The van der Waals surface area contributed by atoms with Crippen molar-refractivity contribution in [3.05, 3.63) is 36.2 Å². The lowest BCUT2D eigenvalue weighted by Crippen LogP contribution is -2.21. The molecule has 0 aliphatic carbocycles. The van der Waals surface area contributed by atoms with Gasteiger partial charge in [-0.05, 0) is 24.6 Å². The Balaban J connectivity index is 2.36. The van der Waals surface area contributed by atoms with Crippen LogP contribution in [0.25, 0.3) is 11.7 Å². The van der Waals surface area contributed by atoms with E-state index in [0.717, 1.165) is 36.2 Å². The van der Waals surface area contributed by atoms with E-state index in [1.54, 1.807) is 13.2 Å². The monoisotopic (exact) mass is 289 g/mol. The SMILES string of the molecule is COCCCN(C)c1nc2ccccn2c1C=CC(=O)O. The number of ether oxygens (including phenoxy) is 1. The molecule has 1 N–H and O–H groups in total. The third kappa shape index (κ3) is 3.61. The van der Waals surface area contributed by atoms with Gasteiger partial charge in [0.15, 0.2) is 5.82 Å². The number of methoxy groups -OCH3 is 1. The Labute approximate surface area is 123 Å². The van der Waals surface area contributed by atoms with Crippen molar-refractivity contribution < 1.29 is 14.6 Å². The quantitative estimate of drug-likeness (QED) is 0.623. The number of fused-ring (bicyclic) bond motifs is 1. The number of rotatable bonds is 7. The molecule has 0 saturated carbocycles. The van der Waals surface area contributed by atoms with Gasteiger partial charge in [-0.1, -0.05) is 6.07 Å². The number of aliphatic carboxylic acids is 1. The minimum atomic E-state index is -0.978. The topological polar surface area (TPSA) is 67.1 Å². The normalized spacial score (nSPS) is 11.3. The van der Waals surface area contributed by atoms with Gasteiger partial charge in [0.25, 0.3) is 0 Å². The summed E-state index contributed by atoms with van der Waals surface area (Å²) < 4.78 is 6.93. The number of pyridine rings is 1. The molecule has 0 amide bonds. The zero-order valence-electron chi connectivity index (χ0n) is 12.2. The van der Waals surface area contributed by atoms with Gasteiger partial charge < -0.3 is 14.7 Å². The number of hydrogen-bond donors (Lipinski definition) is 1. The number of hydrogen-bond acceptors (Lipinski definition) is 4. The molecule has 0 saturated heterocycles. The van der Waals surface area contributed by atoms with Gasteiger partial charge in [-0.25, -0.2) is 9.78 Å². The van der Waals surface area contributed by atoms with Gasteiger partial charge >= 0.3 is 5.97 Å². The number of carboxylic acid groups (broad SMARTS) is 1. The maximum Gasteiger partial charge on any atom is 0.328 e. The Bertz CT molecular complexity index is 649. The average molecular weight is 289 g/mol. The fourth-order valence-electron chi connectivity index (χ4n) is 2.14. The largest absolute Gasteiger partial charge is 0.478 e. The lowest BCUT2D eigenvalue weighted by Gasteiger charge is -2.17. The zero-order chi connectivity index (χ0) is 15.2. The summed E-state index contributed by atoms with van der Waals surface area (Å²) in [5, 5.41) is 8.84. The van der Waals surface area contributed by atoms with Crippen LogP contribution in [0.4, 0.5) is 5.82 Å². The summed E-state index contributed by atoms with van der Waals surface area (Å²) in [6.45, 7) is 1.46. The van der Waals surface area contributed by atoms with E-state index in [-0.39, 0.29) is 0 Å². The first kappa shape index (κ1) is 15.1. The fourth-order valence-corrected chi connectivity index (χ4v) is 2.14. The van der Waals surface area contributed by atoms with Crippen LogP contribution in [0.2, 0.25) is 0 Å². The van der Waals surface area contributed by atoms with E-state index in [9.17, 15) is 4.79 Å². The number of aromatic nitrogens is 2. The number of anilines is 1. The van der Waals surface area contributed by atoms with E-state index < -0.39 is 5.97 Å². The highest BCUT2D eigenvalue weighted by molar-refractivity contribution is 5.86. The van der Waals surface area contributed by atoms with Crippen LogP contribution in [0, 0.1) is 0 Å². The Hall–Kier alpha value is -2.34. The van der Waals surface area contributed by atoms with Crippen LogP contribution in [0.15, 0.2) is 30.5 Å². The number of carbonyl (C=O) groups is 1. The summed E-state index contributed by atoms with van der Waals surface area (Å²) in [7, 11) is 3.61. The second-order valence-electron chi connectivity index (χ2n) is 4.69. The van der Waals surface area contributed by atoms with Gasteiger partial charge in [0.05, 0.1) is 5.69 Å². The molecule has 0 aliphatic rings. The van der Waals surface area contributed by atoms with E-state index in [0.29, 0.717) is 6.61 Å². The Morgan fingerprint density at radius 1 is 1.52 bits per heavy atom. The molecular formula is C15H19N3O3. The molecule has 0 bridgehead atoms. The second-order valence-corrected chi connectivity index (χ2v) is 4.69. The highest BCUT2D eigenvalue weighted by atomic mass is 16.5. The highest BCUT2D eigenvalue weighted by Crippen LogP contribution is 2.22. The average Bonchev–Trinajstić information content (AvgIpc) is 2.84. The van der Waals surface area contributed by atoms with Crippen LogP contribution in [0.5, 0.6) is 0 Å². The van der Waals surface area contributed by atoms with Crippen LogP contribution in [-0.2, 0) is 9.53 Å². The number of imidazole rings is 1. The van der Waals surface area contributed by atoms with Crippen LogP contribution in [-0.4, -0.2) is 47.8 Å². The number of nitrogens with zero attached hydrogens (tertiary/aromatic N) is 3.